The second kappa shape index (κ2) is 5.93. The Morgan fingerprint density at radius 2 is 2.38 bits per heavy atom. The fourth-order valence-electron chi connectivity index (χ4n) is 1.09. The van der Waals surface area contributed by atoms with E-state index in [1.165, 1.54) is 19.4 Å². The first-order valence-corrected chi connectivity index (χ1v) is 5.17. The summed E-state index contributed by atoms with van der Waals surface area (Å²) >= 11 is 3.30. The summed E-state index contributed by atoms with van der Waals surface area (Å²) in [4.78, 5) is 11.4. The number of hydrogen-bond donors (Lipinski definition) is 1. The summed E-state index contributed by atoms with van der Waals surface area (Å²) in [6.45, 7) is 0. The predicted octanol–water partition coefficient (Wildman–Crippen LogP) is 2.68. The molecule has 0 heterocycles. The summed E-state index contributed by atoms with van der Waals surface area (Å²) in [7, 11) is 1.32. The van der Waals surface area contributed by atoms with Gasteiger partial charge in [-0.3, -0.25) is 0 Å². The fraction of sp³-hybridized carbons (Fsp3) is 0.0909. The molecule has 1 N–H and O–H groups in total. The molecular weight excluding hydrogens is 272 g/mol. The summed E-state index contributed by atoms with van der Waals surface area (Å²) in [5.41, 5.74) is 0.987. The third kappa shape index (κ3) is 3.11. The van der Waals surface area contributed by atoms with Crippen LogP contribution < -0.4 is 5.32 Å². The summed E-state index contributed by atoms with van der Waals surface area (Å²) in [6, 6.07) is 6.95. The maximum absolute atomic E-state index is 11.4. The predicted molar refractivity (Wildman–Crippen MR) is 63.9 cm³/mol. The number of nitrogens with one attached hydrogen (secondary N) is 1. The van der Waals surface area contributed by atoms with Crippen molar-refractivity contribution in [1.29, 1.82) is 5.26 Å². The maximum Gasteiger partial charge on any atom is 0.339 e. The number of rotatable bonds is 3. The molecule has 0 saturated heterocycles. The molecule has 0 aliphatic carbocycles. The van der Waals surface area contributed by atoms with E-state index in [2.05, 4.69) is 26.0 Å². The second-order valence-electron chi connectivity index (χ2n) is 2.79. The van der Waals surface area contributed by atoms with Crippen LogP contribution in [0.25, 0.3) is 0 Å². The van der Waals surface area contributed by atoms with Crippen LogP contribution in [0.2, 0.25) is 0 Å². The maximum atomic E-state index is 11.4. The zero-order valence-electron chi connectivity index (χ0n) is 8.53. The average Bonchev–Trinajstić information content (AvgIpc) is 2.29. The lowest BCUT2D eigenvalue weighted by Crippen LogP contribution is -2.05. The Kier molecular flexibility index (Phi) is 4.55. The molecule has 0 radical (unpaired) electrons. The Labute approximate surface area is 102 Å². The fourth-order valence-corrected chi connectivity index (χ4v) is 1.45. The number of carbonyl (C=O) groups excluding carboxylic acids is 1. The van der Waals surface area contributed by atoms with E-state index in [1.807, 2.05) is 6.07 Å². The minimum atomic E-state index is -0.430. The molecule has 1 aromatic carbocycles. The number of methoxy groups -OCH3 is 1. The topological polar surface area (TPSA) is 62.1 Å². The molecule has 1 aromatic rings. The van der Waals surface area contributed by atoms with E-state index in [9.17, 15) is 4.79 Å². The lowest BCUT2D eigenvalue weighted by molar-refractivity contribution is 0.0602. The third-order valence-electron chi connectivity index (χ3n) is 1.78. The molecule has 5 heteroatoms. The Hall–Kier alpha value is -1.80. The Morgan fingerprint density at radius 3 is 3.00 bits per heavy atom. The van der Waals surface area contributed by atoms with Gasteiger partial charge in [-0.1, -0.05) is 15.9 Å². The molecule has 0 fully saturated rings. The highest BCUT2D eigenvalue weighted by molar-refractivity contribution is 9.10. The summed E-state index contributed by atoms with van der Waals surface area (Å²) < 4.78 is 5.47. The van der Waals surface area contributed by atoms with Gasteiger partial charge in [0.25, 0.3) is 0 Å². The van der Waals surface area contributed by atoms with E-state index in [1.54, 1.807) is 18.2 Å². The highest BCUT2D eigenvalue weighted by atomic mass is 79.9. The van der Waals surface area contributed by atoms with Gasteiger partial charge in [0, 0.05) is 16.7 Å². The number of hydrogen-bond acceptors (Lipinski definition) is 4. The zero-order valence-corrected chi connectivity index (χ0v) is 10.1. The molecule has 1 rings (SSSR count). The van der Waals surface area contributed by atoms with Crippen molar-refractivity contribution in [2.24, 2.45) is 0 Å². The summed E-state index contributed by atoms with van der Waals surface area (Å²) in [6.07, 6.45) is 2.73. The van der Waals surface area contributed by atoms with Crippen LogP contribution >= 0.6 is 15.9 Å². The lowest BCUT2D eigenvalue weighted by Gasteiger charge is -2.07. The molecule has 0 saturated carbocycles. The number of anilines is 1. The van der Waals surface area contributed by atoms with Crippen LogP contribution in [0.15, 0.2) is 34.9 Å². The molecular formula is C11H9BrN2O2. The van der Waals surface area contributed by atoms with Gasteiger partial charge in [0.15, 0.2) is 0 Å². The van der Waals surface area contributed by atoms with Gasteiger partial charge in [0.05, 0.1) is 24.4 Å². The van der Waals surface area contributed by atoms with Gasteiger partial charge in [0.1, 0.15) is 0 Å². The highest BCUT2D eigenvalue weighted by Crippen LogP contribution is 2.22. The van der Waals surface area contributed by atoms with Crippen LogP contribution in [-0.4, -0.2) is 13.1 Å². The van der Waals surface area contributed by atoms with Gasteiger partial charge in [0.2, 0.25) is 0 Å². The van der Waals surface area contributed by atoms with Gasteiger partial charge in [-0.2, -0.15) is 5.26 Å². The minimum absolute atomic E-state index is 0.410. The number of allylic oxidation sites excluding steroid dienone is 1. The van der Waals surface area contributed by atoms with E-state index in [0.717, 1.165) is 4.47 Å². The zero-order chi connectivity index (χ0) is 12.0. The van der Waals surface area contributed by atoms with Crippen LogP contribution in [0.5, 0.6) is 0 Å². The van der Waals surface area contributed by atoms with Crippen molar-refractivity contribution in [2.75, 3.05) is 12.4 Å². The molecule has 0 spiro atoms. The van der Waals surface area contributed by atoms with Crippen molar-refractivity contribution < 1.29 is 9.53 Å². The number of nitriles is 1. The average molecular weight is 281 g/mol. The number of ether oxygens (including phenoxy) is 1. The van der Waals surface area contributed by atoms with Crippen molar-refractivity contribution in [3.63, 3.8) is 0 Å². The van der Waals surface area contributed by atoms with Gasteiger partial charge >= 0.3 is 5.97 Å². The molecule has 0 aliphatic heterocycles. The molecule has 82 valence electrons. The van der Waals surface area contributed by atoms with Crippen molar-refractivity contribution in [1.82, 2.24) is 0 Å². The quantitative estimate of drug-likeness (QED) is 0.683. The number of nitrogens with zero attached hydrogens (tertiary/aromatic N) is 1. The molecule has 0 aliphatic rings. The lowest BCUT2D eigenvalue weighted by atomic mass is 10.2. The first kappa shape index (κ1) is 12.3. The normalized spacial score (nSPS) is 9.81. The Morgan fingerprint density at radius 1 is 1.62 bits per heavy atom. The SMILES string of the molecule is COC(=O)c1ccc(Br)cc1NC=CC#N. The number of esters is 1. The van der Waals surface area contributed by atoms with Crippen molar-refractivity contribution in [3.8, 4) is 6.07 Å². The molecule has 4 nitrogen and oxygen atoms in total. The minimum Gasteiger partial charge on any atom is -0.465 e. The van der Waals surface area contributed by atoms with Gasteiger partial charge < -0.3 is 10.1 Å². The van der Waals surface area contributed by atoms with Gasteiger partial charge in [-0.15, -0.1) is 0 Å². The molecule has 0 bridgehead atoms. The van der Waals surface area contributed by atoms with Crippen LogP contribution in [0.1, 0.15) is 10.4 Å². The Balaban J connectivity index is 3.04. The summed E-state index contributed by atoms with van der Waals surface area (Å²) in [5.74, 6) is -0.430. The van der Waals surface area contributed by atoms with Crippen molar-refractivity contribution in [3.05, 3.63) is 40.5 Å². The van der Waals surface area contributed by atoms with Gasteiger partial charge in [-0.05, 0) is 18.2 Å². The molecule has 16 heavy (non-hydrogen) atoms. The smallest absolute Gasteiger partial charge is 0.339 e. The highest BCUT2D eigenvalue weighted by Gasteiger charge is 2.10. The van der Waals surface area contributed by atoms with Crippen molar-refractivity contribution in [2.45, 2.75) is 0 Å². The number of carbonyl (C=O) groups is 1. The molecule has 0 unspecified atom stereocenters. The second-order valence-corrected chi connectivity index (χ2v) is 3.70. The third-order valence-corrected chi connectivity index (χ3v) is 2.28. The van der Waals surface area contributed by atoms with E-state index in [4.69, 9.17) is 5.26 Å². The molecule has 0 aromatic heterocycles. The number of halogens is 1. The van der Waals surface area contributed by atoms with E-state index < -0.39 is 5.97 Å². The van der Waals surface area contributed by atoms with Crippen LogP contribution in [0.4, 0.5) is 5.69 Å². The number of benzene rings is 1. The van der Waals surface area contributed by atoms with Crippen molar-refractivity contribution >= 4 is 27.6 Å². The largest absolute Gasteiger partial charge is 0.465 e. The summed E-state index contributed by atoms with van der Waals surface area (Å²) in [5, 5.41) is 11.2. The van der Waals surface area contributed by atoms with E-state index in [0.29, 0.717) is 11.3 Å². The first-order valence-electron chi connectivity index (χ1n) is 4.38. The monoisotopic (exact) mass is 280 g/mol. The van der Waals surface area contributed by atoms with Crippen LogP contribution in [0.3, 0.4) is 0 Å². The van der Waals surface area contributed by atoms with E-state index in [-0.39, 0.29) is 0 Å². The Bertz CT molecular complexity index is 464. The van der Waals surface area contributed by atoms with Crippen LogP contribution in [-0.2, 0) is 4.74 Å². The molecule has 0 atom stereocenters. The van der Waals surface area contributed by atoms with Gasteiger partial charge in [-0.25, -0.2) is 4.79 Å². The van der Waals surface area contributed by atoms with Crippen LogP contribution in [0, 0.1) is 11.3 Å². The standard InChI is InChI=1S/C11H9BrN2O2/c1-16-11(15)9-4-3-8(12)7-10(9)14-6-2-5-13/h2-4,6-7,14H,1H3. The van der Waals surface area contributed by atoms with E-state index >= 15 is 0 Å². The molecule has 0 amide bonds. The first-order chi connectivity index (χ1) is 7.69.